The molecule has 7 nitrogen and oxygen atoms in total. The second kappa shape index (κ2) is 8.34. The molecule has 29 heavy (non-hydrogen) atoms. The molecule has 0 aromatic heterocycles. The van der Waals surface area contributed by atoms with E-state index >= 15 is 0 Å². The fourth-order valence-corrected chi connectivity index (χ4v) is 3.26. The standard InChI is InChI=1S/C22H24N2O5/c1-5-6-9-24-21(26)15-8-7-14(11-16(15)22(24)27)20(25)23-17-12-19(29-4)18(28-3)10-13(17)2/h7-8,10-12H,5-6,9H2,1-4H3,(H,23,25). The van der Waals surface area contributed by atoms with Gasteiger partial charge in [-0.05, 0) is 43.2 Å². The van der Waals surface area contributed by atoms with Crippen LogP contribution in [0.5, 0.6) is 11.5 Å². The topological polar surface area (TPSA) is 84.9 Å². The van der Waals surface area contributed by atoms with Crippen LogP contribution < -0.4 is 14.8 Å². The number of nitrogens with one attached hydrogen (secondary N) is 1. The van der Waals surface area contributed by atoms with Crippen LogP contribution in [0.1, 0.15) is 56.4 Å². The molecule has 152 valence electrons. The Labute approximate surface area is 169 Å². The summed E-state index contributed by atoms with van der Waals surface area (Å²) in [5.74, 6) is 0.0263. The minimum Gasteiger partial charge on any atom is -0.493 e. The summed E-state index contributed by atoms with van der Waals surface area (Å²) in [6, 6.07) is 8.02. The first-order chi connectivity index (χ1) is 13.9. The Hall–Kier alpha value is -3.35. The fraction of sp³-hybridized carbons (Fsp3) is 0.318. The number of amides is 3. The SMILES string of the molecule is CCCCN1C(=O)c2ccc(C(=O)Nc3cc(OC)c(OC)cc3C)cc2C1=O. The van der Waals surface area contributed by atoms with Gasteiger partial charge in [0.25, 0.3) is 17.7 Å². The number of imide groups is 1. The van der Waals surface area contributed by atoms with E-state index in [2.05, 4.69) is 5.32 Å². The van der Waals surface area contributed by atoms with E-state index in [1.165, 1.54) is 24.1 Å². The van der Waals surface area contributed by atoms with Gasteiger partial charge in [0.1, 0.15) is 0 Å². The lowest BCUT2D eigenvalue weighted by Gasteiger charge is -2.14. The first-order valence-corrected chi connectivity index (χ1v) is 9.45. The third kappa shape index (κ3) is 3.81. The molecule has 0 spiro atoms. The van der Waals surface area contributed by atoms with E-state index in [-0.39, 0.29) is 23.3 Å². The second-order valence-corrected chi connectivity index (χ2v) is 6.85. The van der Waals surface area contributed by atoms with Crippen LogP contribution in [0.3, 0.4) is 0 Å². The van der Waals surface area contributed by atoms with Crippen molar-refractivity contribution in [1.29, 1.82) is 0 Å². The number of nitrogens with zero attached hydrogens (tertiary/aromatic N) is 1. The van der Waals surface area contributed by atoms with Crippen molar-refractivity contribution in [3.63, 3.8) is 0 Å². The van der Waals surface area contributed by atoms with Gasteiger partial charge >= 0.3 is 0 Å². The maximum absolute atomic E-state index is 12.8. The van der Waals surface area contributed by atoms with Gasteiger partial charge in [0.15, 0.2) is 11.5 Å². The van der Waals surface area contributed by atoms with E-state index in [0.717, 1.165) is 18.4 Å². The van der Waals surface area contributed by atoms with E-state index in [9.17, 15) is 14.4 Å². The highest BCUT2D eigenvalue weighted by Crippen LogP contribution is 2.33. The molecule has 2 aromatic carbocycles. The van der Waals surface area contributed by atoms with Crippen LogP contribution in [0.4, 0.5) is 5.69 Å². The number of anilines is 1. The van der Waals surface area contributed by atoms with Gasteiger partial charge in [-0.2, -0.15) is 0 Å². The van der Waals surface area contributed by atoms with Gasteiger partial charge in [0, 0.05) is 23.9 Å². The van der Waals surface area contributed by atoms with Crippen molar-refractivity contribution in [2.75, 3.05) is 26.1 Å². The Morgan fingerprint density at radius 1 is 1.00 bits per heavy atom. The number of methoxy groups -OCH3 is 2. The number of ether oxygens (including phenoxy) is 2. The van der Waals surface area contributed by atoms with Crippen LogP contribution in [0.2, 0.25) is 0 Å². The Balaban J connectivity index is 1.85. The van der Waals surface area contributed by atoms with Crippen molar-refractivity contribution in [2.45, 2.75) is 26.7 Å². The van der Waals surface area contributed by atoms with E-state index in [1.807, 2.05) is 13.8 Å². The van der Waals surface area contributed by atoms with Crippen molar-refractivity contribution in [2.24, 2.45) is 0 Å². The lowest BCUT2D eigenvalue weighted by Crippen LogP contribution is -2.30. The summed E-state index contributed by atoms with van der Waals surface area (Å²) in [4.78, 5) is 39.1. The summed E-state index contributed by atoms with van der Waals surface area (Å²) in [7, 11) is 3.06. The maximum Gasteiger partial charge on any atom is 0.261 e. The number of unbranched alkanes of at least 4 members (excludes halogenated alkanes) is 1. The van der Waals surface area contributed by atoms with E-state index in [4.69, 9.17) is 9.47 Å². The summed E-state index contributed by atoms with van der Waals surface area (Å²) in [6.07, 6.45) is 1.63. The molecule has 3 amide bonds. The average molecular weight is 396 g/mol. The number of aryl methyl sites for hydroxylation is 1. The van der Waals surface area contributed by atoms with Crippen LogP contribution in [0.15, 0.2) is 30.3 Å². The zero-order chi connectivity index (χ0) is 21.1. The highest BCUT2D eigenvalue weighted by molar-refractivity contribution is 6.22. The van der Waals surface area contributed by atoms with Gasteiger partial charge in [-0.3, -0.25) is 19.3 Å². The smallest absolute Gasteiger partial charge is 0.261 e. The van der Waals surface area contributed by atoms with Gasteiger partial charge in [-0.25, -0.2) is 0 Å². The molecule has 3 rings (SSSR count). The molecular formula is C22H24N2O5. The predicted molar refractivity (Wildman–Crippen MR) is 109 cm³/mol. The molecule has 1 aliphatic heterocycles. The molecule has 0 saturated heterocycles. The summed E-state index contributed by atoms with van der Waals surface area (Å²) >= 11 is 0. The molecule has 1 aliphatic rings. The Kier molecular flexibility index (Phi) is 5.87. The van der Waals surface area contributed by atoms with Crippen molar-refractivity contribution >= 4 is 23.4 Å². The van der Waals surface area contributed by atoms with Gasteiger partial charge in [-0.1, -0.05) is 13.3 Å². The molecule has 1 heterocycles. The fourth-order valence-electron chi connectivity index (χ4n) is 3.26. The van der Waals surface area contributed by atoms with Gasteiger partial charge in [0.05, 0.1) is 25.3 Å². The van der Waals surface area contributed by atoms with Gasteiger partial charge in [-0.15, -0.1) is 0 Å². The van der Waals surface area contributed by atoms with Crippen molar-refractivity contribution in [1.82, 2.24) is 4.90 Å². The van der Waals surface area contributed by atoms with Crippen LogP contribution in [-0.4, -0.2) is 43.4 Å². The quantitative estimate of drug-likeness (QED) is 0.722. The molecule has 0 bridgehead atoms. The number of fused-ring (bicyclic) bond motifs is 1. The molecule has 0 unspecified atom stereocenters. The molecule has 2 aromatic rings. The third-order valence-corrected chi connectivity index (χ3v) is 4.95. The number of rotatable bonds is 7. The molecule has 1 N–H and O–H groups in total. The molecular weight excluding hydrogens is 372 g/mol. The number of benzene rings is 2. The predicted octanol–water partition coefficient (Wildman–Crippen LogP) is 3.66. The molecule has 0 radical (unpaired) electrons. The van der Waals surface area contributed by atoms with Crippen LogP contribution >= 0.6 is 0 Å². The molecule has 0 atom stereocenters. The molecule has 0 aliphatic carbocycles. The van der Waals surface area contributed by atoms with Gasteiger partial charge < -0.3 is 14.8 Å². The Morgan fingerprint density at radius 3 is 2.31 bits per heavy atom. The number of hydrogen-bond donors (Lipinski definition) is 1. The van der Waals surface area contributed by atoms with Crippen molar-refractivity contribution < 1.29 is 23.9 Å². The average Bonchev–Trinajstić information content (AvgIpc) is 2.97. The summed E-state index contributed by atoms with van der Waals surface area (Å²) in [5, 5.41) is 2.83. The first kappa shape index (κ1) is 20.4. The monoisotopic (exact) mass is 396 g/mol. The molecule has 0 fully saturated rings. The summed E-state index contributed by atoms with van der Waals surface area (Å²) in [6.45, 7) is 4.22. The lowest BCUT2D eigenvalue weighted by atomic mass is 10.0. The van der Waals surface area contributed by atoms with Gasteiger partial charge in [0.2, 0.25) is 0 Å². The number of carbonyl (C=O) groups excluding carboxylic acids is 3. The zero-order valence-electron chi connectivity index (χ0n) is 17.0. The van der Waals surface area contributed by atoms with E-state index < -0.39 is 0 Å². The van der Waals surface area contributed by atoms with E-state index in [1.54, 1.807) is 25.3 Å². The third-order valence-electron chi connectivity index (χ3n) is 4.95. The lowest BCUT2D eigenvalue weighted by molar-refractivity contribution is 0.0652. The maximum atomic E-state index is 12.8. The van der Waals surface area contributed by atoms with E-state index in [0.29, 0.717) is 34.9 Å². The molecule has 0 saturated carbocycles. The highest BCUT2D eigenvalue weighted by atomic mass is 16.5. The second-order valence-electron chi connectivity index (χ2n) is 6.85. The van der Waals surface area contributed by atoms with Crippen LogP contribution in [-0.2, 0) is 0 Å². The zero-order valence-corrected chi connectivity index (χ0v) is 17.0. The largest absolute Gasteiger partial charge is 0.493 e. The van der Waals surface area contributed by atoms with Crippen molar-refractivity contribution in [3.8, 4) is 11.5 Å². The van der Waals surface area contributed by atoms with Crippen molar-refractivity contribution in [3.05, 3.63) is 52.6 Å². The first-order valence-electron chi connectivity index (χ1n) is 9.45. The Morgan fingerprint density at radius 2 is 1.66 bits per heavy atom. The van der Waals surface area contributed by atoms with Crippen LogP contribution in [0.25, 0.3) is 0 Å². The summed E-state index contributed by atoms with van der Waals surface area (Å²) < 4.78 is 10.5. The normalized spacial score (nSPS) is 12.8. The number of carbonyl (C=O) groups is 3. The minimum absolute atomic E-state index is 0.266. The minimum atomic E-state index is -0.379. The highest BCUT2D eigenvalue weighted by Gasteiger charge is 2.35. The van der Waals surface area contributed by atoms with Crippen LogP contribution in [0, 0.1) is 6.92 Å². The number of hydrogen-bond acceptors (Lipinski definition) is 5. The Bertz CT molecular complexity index is 983. The molecule has 7 heteroatoms. The summed E-state index contributed by atoms with van der Waals surface area (Å²) in [5.41, 5.74) is 2.28.